The van der Waals surface area contributed by atoms with E-state index in [4.69, 9.17) is 0 Å². The molecule has 1 heterocycles. The van der Waals surface area contributed by atoms with Gasteiger partial charge in [-0.1, -0.05) is 20.8 Å². The Hall–Kier alpha value is -1.10. The van der Waals surface area contributed by atoms with Gasteiger partial charge in [0.15, 0.2) is 0 Å². The minimum absolute atomic E-state index is 0.432. The fraction of sp³-hybridized carbons (Fsp3) is 0.600. The second-order valence-electron chi connectivity index (χ2n) is 2.93. The summed E-state index contributed by atoms with van der Waals surface area (Å²) in [5, 5.41) is 0. The zero-order chi connectivity index (χ0) is 8.97. The van der Waals surface area contributed by atoms with Crippen molar-refractivity contribution in [1.29, 1.82) is 0 Å². The smallest absolute Gasteiger partial charge is 0.142 e. The van der Waals surface area contributed by atoms with Gasteiger partial charge >= 0.3 is 0 Å². The molecule has 1 unspecified atom stereocenters. The van der Waals surface area contributed by atoms with E-state index in [2.05, 4.69) is 43.0 Å². The normalized spacial score (nSPS) is 12.2. The lowest BCUT2D eigenvalue weighted by atomic mass is 10.1. The van der Waals surface area contributed by atoms with Gasteiger partial charge < -0.3 is 0 Å². The van der Waals surface area contributed by atoms with Crippen LogP contribution in [0.15, 0.2) is 0 Å². The molecule has 0 aliphatic rings. The maximum absolute atomic E-state index is 4.36. The zero-order valence-corrected chi connectivity index (χ0v) is 7.89. The zero-order valence-electron chi connectivity index (χ0n) is 7.89. The highest BCUT2D eigenvalue weighted by molar-refractivity contribution is 4.98. The van der Waals surface area contributed by atoms with Crippen LogP contribution in [0.3, 0.4) is 0 Å². The van der Waals surface area contributed by atoms with Crippen molar-refractivity contribution >= 4 is 0 Å². The summed E-state index contributed by atoms with van der Waals surface area (Å²) in [5.74, 6) is 1.33. The SMILES string of the molecule is CCc1c#cnc(C(C)CC)n1. The van der Waals surface area contributed by atoms with Gasteiger partial charge in [0.25, 0.3) is 0 Å². The molecule has 0 spiro atoms. The lowest BCUT2D eigenvalue weighted by Gasteiger charge is -2.04. The Balaban J connectivity index is 2.86. The molecule has 0 N–H and O–H groups in total. The molecular weight excluding hydrogens is 148 g/mol. The first-order chi connectivity index (χ1) is 5.77. The van der Waals surface area contributed by atoms with Crippen molar-refractivity contribution in [2.24, 2.45) is 0 Å². The van der Waals surface area contributed by atoms with Crippen molar-refractivity contribution in [1.82, 2.24) is 9.97 Å². The molecule has 12 heavy (non-hydrogen) atoms. The first-order valence-electron chi connectivity index (χ1n) is 4.44. The molecule has 0 saturated carbocycles. The number of aromatic nitrogens is 2. The van der Waals surface area contributed by atoms with Crippen molar-refractivity contribution in [3.63, 3.8) is 0 Å². The first-order valence-corrected chi connectivity index (χ1v) is 4.44. The van der Waals surface area contributed by atoms with Gasteiger partial charge in [-0.15, -0.1) is 0 Å². The summed E-state index contributed by atoms with van der Waals surface area (Å²) in [6.07, 6.45) is 4.73. The molecular formula is C10H14N2. The fourth-order valence-corrected chi connectivity index (χ4v) is 0.911. The Morgan fingerprint density at radius 3 is 2.75 bits per heavy atom. The Kier molecular flexibility index (Phi) is 3.04. The second-order valence-corrected chi connectivity index (χ2v) is 2.93. The number of nitrogens with zero attached hydrogens (tertiary/aromatic N) is 2. The van der Waals surface area contributed by atoms with Gasteiger partial charge in [-0.3, -0.25) is 0 Å². The fourth-order valence-electron chi connectivity index (χ4n) is 0.911. The van der Waals surface area contributed by atoms with Crippen LogP contribution in [0.5, 0.6) is 0 Å². The topological polar surface area (TPSA) is 25.8 Å². The molecule has 0 aliphatic heterocycles. The first kappa shape index (κ1) is 8.99. The number of rotatable bonds is 3. The summed E-state index contributed by atoms with van der Waals surface area (Å²) in [7, 11) is 0. The summed E-state index contributed by atoms with van der Waals surface area (Å²) in [4.78, 5) is 8.43. The third kappa shape index (κ3) is 1.94. The third-order valence-corrected chi connectivity index (χ3v) is 2.01. The molecule has 1 atom stereocenters. The van der Waals surface area contributed by atoms with Crippen LogP contribution in [0.1, 0.15) is 44.6 Å². The van der Waals surface area contributed by atoms with Gasteiger partial charge in [-0.2, -0.15) is 4.98 Å². The van der Waals surface area contributed by atoms with Gasteiger partial charge in [-0.05, 0) is 18.9 Å². The van der Waals surface area contributed by atoms with Crippen LogP contribution in [0, 0.1) is 12.3 Å². The van der Waals surface area contributed by atoms with Crippen LogP contribution in [0.4, 0.5) is 0 Å². The van der Waals surface area contributed by atoms with Crippen molar-refractivity contribution < 1.29 is 0 Å². The molecule has 1 aromatic rings. The van der Waals surface area contributed by atoms with Gasteiger partial charge in [0.05, 0.1) is 5.69 Å². The molecule has 2 heteroatoms. The molecule has 1 aromatic heterocycles. The molecule has 0 saturated heterocycles. The largest absolute Gasteiger partial charge is 0.228 e. The molecule has 0 radical (unpaired) electrons. The summed E-state index contributed by atoms with van der Waals surface area (Å²) >= 11 is 0. The quantitative estimate of drug-likeness (QED) is 0.680. The summed E-state index contributed by atoms with van der Waals surface area (Å²) in [6.45, 7) is 6.33. The molecule has 1 rings (SSSR count). The van der Waals surface area contributed by atoms with Crippen LogP contribution >= 0.6 is 0 Å². The van der Waals surface area contributed by atoms with Crippen molar-refractivity contribution in [3.05, 3.63) is 23.8 Å². The van der Waals surface area contributed by atoms with E-state index in [1.165, 1.54) is 0 Å². The van der Waals surface area contributed by atoms with Gasteiger partial charge in [0, 0.05) is 12.1 Å². The number of hydrogen-bond donors (Lipinski definition) is 0. The summed E-state index contributed by atoms with van der Waals surface area (Å²) in [5.41, 5.74) is 0.959. The van der Waals surface area contributed by atoms with Crippen molar-refractivity contribution in [2.75, 3.05) is 0 Å². The minimum atomic E-state index is 0.432. The van der Waals surface area contributed by atoms with E-state index in [1.54, 1.807) is 0 Å². The lowest BCUT2D eigenvalue weighted by molar-refractivity contribution is 0.672. The van der Waals surface area contributed by atoms with Crippen LogP contribution in [-0.2, 0) is 6.42 Å². The van der Waals surface area contributed by atoms with E-state index in [0.29, 0.717) is 5.92 Å². The van der Waals surface area contributed by atoms with Crippen LogP contribution in [0.2, 0.25) is 0 Å². The van der Waals surface area contributed by atoms with Gasteiger partial charge in [-0.25, -0.2) is 4.98 Å². The minimum Gasteiger partial charge on any atom is -0.228 e. The highest BCUT2D eigenvalue weighted by Gasteiger charge is 2.05. The van der Waals surface area contributed by atoms with Gasteiger partial charge in [0.1, 0.15) is 5.82 Å². The molecule has 0 aromatic carbocycles. The predicted octanol–water partition coefficient (Wildman–Crippen LogP) is 2.15. The second kappa shape index (κ2) is 4.06. The molecule has 0 amide bonds. The van der Waals surface area contributed by atoms with E-state index in [-0.39, 0.29) is 0 Å². The van der Waals surface area contributed by atoms with Crippen LogP contribution in [-0.4, -0.2) is 9.97 Å². The van der Waals surface area contributed by atoms with E-state index in [1.807, 2.05) is 0 Å². The molecule has 64 valence electrons. The predicted molar refractivity (Wildman–Crippen MR) is 47.8 cm³/mol. The molecule has 0 bridgehead atoms. The average Bonchev–Trinajstić information content (AvgIpc) is 2.17. The standard InChI is InChI=1S/C10H14N2/c1-4-8(3)10-11-7-6-9(5-2)12-10/h8H,4-5H2,1-3H3. The van der Waals surface area contributed by atoms with E-state index < -0.39 is 0 Å². The maximum atomic E-state index is 4.36. The summed E-state index contributed by atoms with van der Waals surface area (Å²) in [6, 6.07) is 2.89. The molecule has 0 fully saturated rings. The highest BCUT2D eigenvalue weighted by atomic mass is 14.9. The summed E-state index contributed by atoms with van der Waals surface area (Å²) < 4.78 is 0. The van der Waals surface area contributed by atoms with E-state index in [9.17, 15) is 0 Å². The van der Waals surface area contributed by atoms with Gasteiger partial charge in [0.2, 0.25) is 0 Å². The maximum Gasteiger partial charge on any atom is 0.142 e. The van der Waals surface area contributed by atoms with Crippen LogP contribution < -0.4 is 0 Å². The number of hydrogen-bond acceptors (Lipinski definition) is 2. The monoisotopic (exact) mass is 162 g/mol. The molecule has 2 nitrogen and oxygen atoms in total. The Bertz CT molecular complexity index is 245. The lowest BCUT2D eigenvalue weighted by Crippen LogP contribution is -2.00. The highest BCUT2D eigenvalue weighted by Crippen LogP contribution is 2.12. The number of aryl methyl sites for hydroxylation is 1. The third-order valence-electron chi connectivity index (χ3n) is 2.01. The Morgan fingerprint density at radius 2 is 2.17 bits per heavy atom. The van der Waals surface area contributed by atoms with Crippen LogP contribution in [0.25, 0.3) is 0 Å². The average molecular weight is 162 g/mol. The van der Waals surface area contributed by atoms with E-state index in [0.717, 1.165) is 24.4 Å². The van der Waals surface area contributed by atoms with E-state index >= 15 is 0 Å². The Labute approximate surface area is 74.1 Å². The van der Waals surface area contributed by atoms with Crippen molar-refractivity contribution in [3.8, 4) is 0 Å². The van der Waals surface area contributed by atoms with Crippen molar-refractivity contribution in [2.45, 2.75) is 39.5 Å². The molecule has 0 aliphatic carbocycles. The Morgan fingerprint density at radius 1 is 1.42 bits per heavy atom.